The maximum absolute atomic E-state index is 6.00. The molecule has 96 valence electrons. The fourth-order valence-corrected chi connectivity index (χ4v) is 2.16. The Morgan fingerprint density at radius 3 is 2.65 bits per heavy atom. The van der Waals surface area contributed by atoms with E-state index < -0.39 is 0 Å². The monoisotopic (exact) mass is 237 g/mol. The van der Waals surface area contributed by atoms with E-state index in [1.165, 1.54) is 0 Å². The minimum Gasteiger partial charge on any atom is -0.384 e. The number of anilines is 1. The van der Waals surface area contributed by atoms with Crippen molar-refractivity contribution in [2.45, 2.75) is 64.7 Å². The molecular formula is C13H23N3O. The van der Waals surface area contributed by atoms with Crippen LogP contribution in [-0.2, 0) is 16.7 Å². The van der Waals surface area contributed by atoms with Crippen LogP contribution in [0.3, 0.4) is 0 Å². The summed E-state index contributed by atoms with van der Waals surface area (Å²) in [5, 5.41) is 4.58. The molecule has 2 rings (SSSR count). The predicted octanol–water partition coefficient (Wildman–Crippen LogP) is 2.33. The van der Waals surface area contributed by atoms with Gasteiger partial charge in [-0.05, 0) is 19.8 Å². The lowest BCUT2D eigenvalue weighted by Crippen LogP contribution is -2.19. The number of hydrogen-bond donors (Lipinski definition) is 1. The van der Waals surface area contributed by atoms with E-state index in [1.807, 2.05) is 10.7 Å². The Labute approximate surface area is 103 Å². The lowest BCUT2D eigenvalue weighted by atomic mass is 9.92. The SMILES string of the molecule is C[C@@H]1CCC(Cn2nc(C(C)(C)C)cc2N)O1. The van der Waals surface area contributed by atoms with Gasteiger partial charge in [0.15, 0.2) is 0 Å². The molecule has 0 radical (unpaired) electrons. The van der Waals surface area contributed by atoms with E-state index in [4.69, 9.17) is 10.5 Å². The quantitative estimate of drug-likeness (QED) is 0.859. The van der Waals surface area contributed by atoms with Crippen LogP contribution >= 0.6 is 0 Å². The summed E-state index contributed by atoms with van der Waals surface area (Å²) in [6.45, 7) is 9.33. The molecule has 0 amide bonds. The second-order valence-electron chi connectivity index (χ2n) is 6.03. The van der Waals surface area contributed by atoms with Crippen molar-refractivity contribution in [3.05, 3.63) is 11.8 Å². The van der Waals surface area contributed by atoms with Crippen molar-refractivity contribution in [3.63, 3.8) is 0 Å². The van der Waals surface area contributed by atoms with Crippen molar-refractivity contribution in [2.24, 2.45) is 0 Å². The molecule has 0 spiro atoms. The van der Waals surface area contributed by atoms with Gasteiger partial charge in [-0.25, -0.2) is 4.68 Å². The van der Waals surface area contributed by atoms with E-state index in [9.17, 15) is 0 Å². The highest BCUT2D eigenvalue weighted by atomic mass is 16.5. The smallest absolute Gasteiger partial charge is 0.122 e. The van der Waals surface area contributed by atoms with Gasteiger partial charge in [-0.2, -0.15) is 5.10 Å². The topological polar surface area (TPSA) is 53.1 Å². The Morgan fingerprint density at radius 1 is 1.47 bits per heavy atom. The van der Waals surface area contributed by atoms with Crippen molar-refractivity contribution >= 4 is 5.82 Å². The van der Waals surface area contributed by atoms with Gasteiger partial charge in [0.1, 0.15) is 5.82 Å². The van der Waals surface area contributed by atoms with E-state index in [-0.39, 0.29) is 11.5 Å². The zero-order chi connectivity index (χ0) is 12.6. The maximum atomic E-state index is 6.00. The van der Waals surface area contributed by atoms with Crippen LogP contribution in [-0.4, -0.2) is 22.0 Å². The summed E-state index contributed by atoms with van der Waals surface area (Å²) in [6, 6.07) is 1.97. The number of nitrogen functional groups attached to an aromatic ring is 1. The fourth-order valence-electron chi connectivity index (χ4n) is 2.16. The van der Waals surface area contributed by atoms with Crippen LogP contribution in [0.4, 0.5) is 5.82 Å². The summed E-state index contributed by atoms with van der Waals surface area (Å²) in [6.07, 6.45) is 2.88. The van der Waals surface area contributed by atoms with Gasteiger partial charge in [0.2, 0.25) is 0 Å². The average molecular weight is 237 g/mol. The molecule has 1 aromatic heterocycles. The molecule has 0 bridgehead atoms. The molecule has 0 saturated carbocycles. The molecule has 4 nitrogen and oxygen atoms in total. The lowest BCUT2D eigenvalue weighted by Gasteiger charge is -2.15. The Bertz CT molecular complexity index is 392. The first-order valence-electron chi connectivity index (χ1n) is 6.35. The van der Waals surface area contributed by atoms with Crippen molar-refractivity contribution in [1.29, 1.82) is 0 Å². The first-order valence-corrected chi connectivity index (χ1v) is 6.35. The molecule has 17 heavy (non-hydrogen) atoms. The molecule has 2 heterocycles. The number of nitrogens with zero attached hydrogens (tertiary/aromatic N) is 2. The zero-order valence-electron chi connectivity index (χ0n) is 11.2. The van der Waals surface area contributed by atoms with E-state index in [0.29, 0.717) is 6.10 Å². The van der Waals surface area contributed by atoms with E-state index >= 15 is 0 Å². The minimum atomic E-state index is 0.0448. The summed E-state index contributed by atoms with van der Waals surface area (Å²) in [4.78, 5) is 0. The summed E-state index contributed by atoms with van der Waals surface area (Å²) in [5.74, 6) is 0.734. The highest BCUT2D eigenvalue weighted by Gasteiger charge is 2.24. The van der Waals surface area contributed by atoms with Gasteiger partial charge in [-0.1, -0.05) is 20.8 Å². The number of hydrogen-bond acceptors (Lipinski definition) is 3. The van der Waals surface area contributed by atoms with Crippen LogP contribution in [0.1, 0.15) is 46.2 Å². The largest absolute Gasteiger partial charge is 0.384 e. The van der Waals surface area contributed by atoms with Crippen LogP contribution < -0.4 is 5.73 Å². The Kier molecular flexibility index (Phi) is 3.17. The third kappa shape index (κ3) is 2.80. The second-order valence-corrected chi connectivity index (χ2v) is 6.03. The van der Waals surface area contributed by atoms with Crippen molar-refractivity contribution < 1.29 is 4.74 Å². The molecule has 1 aliphatic heterocycles. The molecule has 1 aromatic rings. The van der Waals surface area contributed by atoms with Crippen LogP contribution in [0.5, 0.6) is 0 Å². The molecular weight excluding hydrogens is 214 g/mol. The standard InChI is InChI=1S/C13H23N3O/c1-9-5-6-10(17-9)8-16-12(14)7-11(15-16)13(2,3)4/h7,9-10H,5-6,8,14H2,1-4H3/t9-,10?/m1/s1. The maximum Gasteiger partial charge on any atom is 0.122 e. The first kappa shape index (κ1) is 12.4. The number of rotatable bonds is 2. The number of aromatic nitrogens is 2. The first-order chi connectivity index (χ1) is 7.86. The van der Waals surface area contributed by atoms with Crippen molar-refractivity contribution in [2.75, 3.05) is 5.73 Å². The molecule has 2 atom stereocenters. The van der Waals surface area contributed by atoms with E-state index in [1.54, 1.807) is 0 Å². The normalized spacial score (nSPS) is 25.4. The Hall–Kier alpha value is -1.03. The highest BCUT2D eigenvalue weighted by Crippen LogP contribution is 2.25. The van der Waals surface area contributed by atoms with Gasteiger partial charge >= 0.3 is 0 Å². The second kappa shape index (κ2) is 4.33. The lowest BCUT2D eigenvalue weighted by molar-refractivity contribution is 0.0439. The third-order valence-electron chi connectivity index (χ3n) is 3.28. The number of nitrogens with two attached hydrogens (primary N) is 1. The van der Waals surface area contributed by atoms with Crippen LogP contribution in [0.2, 0.25) is 0 Å². The van der Waals surface area contributed by atoms with Gasteiger partial charge in [-0.3, -0.25) is 0 Å². The molecule has 2 N–H and O–H groups in total. The summed E-state index contributed by atoms with van der Waals surface area (Å²) in [7, 11) is 0. The Morgan fingerprint density at radius 2 is 2.18 bits per heavy atom. The van der Waals surface area contributed by atoms with Gasteiger partial charge in [-0.15, -0.1) is 0 Å². The van der Waals surface area contributed by atoms with Crippen molar-refractivity contribution in [3.8, 4) is 0 Å². The van der Waals surface area contributed by atoms with E-state index in [2.05, 4.69) is 32.8 Å². The van der Waals surface area contributed by atoms with Gasteiger partial charge in [0, 0.05) is 11.5 Å². The highest BCUT2D eigenvalue weighted by molar-refractivity contribution is 5.33. The Balaban J connectivity index is 2.09. The molecule has 1 aliphatic rings. The minimum absolute atomic E-state index is 0.0448. The molecule has 0 aliphatic carbocycles. The van der Waals surface area contributed by atoms with Crippen LogP contribution in [0.15, 0.2) is 6.07 Å². The molecule has 4 heteroatoms. The van der Waals surface area contributed by atoms with Gasteiger partial charge in [0.05, 0.1) is 24.4 Å². The van der Waals surface area contributed by atoms with Gasteiger partial charge in [0.25, 0.3) is 0 Å². The summed E-state index contributed by atoms with van der Waals surface area (Å²) >= 11 is 0. The van der Waals surface area contributed by atoms with Gasteiger partial charge < -0.3 is 10.5 Å². The van der Waals surface area contributed by atoms with E-state index in [0.717, 1.165) is 30.9 Å². The third-order valence-corrected chi connectivity index (χ3v) is 3.28. The molecule has 1 saturated heterocycles. The molecule has 0 aromatic carbocycles. The van der Waals surface area contributed by atoms with Crippen LogP contribution in [0.25, 0.3) is 0 Å². The fraction of sp³-hybridized carbons (Fsp3) is 0.769. The predicted molar refractivity (Wildman–Crippen MR) is 68.9 cm³/mol. The summed E-state index contributed by atoms with van der Waals surface area (Å²) in [5.41, 5.74) is 7.08. The summed E-state index contributed by atoms with van der Waals surface area (Å²) < 4.78 is 7.68. The number of ether oxygens (including phenoxy) is 1. The zero-order valence-corrected chi connectivity index (χ0v) is 11.2. The molecule has 1 fully saturated rings. The van der Waals surface area contributed by atoms with Crippen LogP contribution in [0, 0.1) is 0 Å². The molecule has 1 unspecified atom stereocenters. The average Bonchev–Trinajstić information content (AvgIpc) is 2.74. The van der Waals surface area contributed by atoms with Crippen molar-refractivity contribution in [1.82, 2.24) is 9.78 Å².